The Bertz CT molecular complexity index is 776. The molecule has 0 amide bonds. The van der Waals surface area contributed by atoms with Gasteiger partial charge in [-0.3, -0.25) is 4.57 Å². The van der Waals surface area contributed by atoms with Gasteiger partial charge in [0, 0.05) is 17.8 Å². The Morgan fingerprint density at radius 2 is 2.00 bits per heavy atom. The van der Waals surface area contributed by atoms with Crippen LogP contribution in [0.3, 0.4) is 0 Å². The molecule has 0 aliphatic rings. The maximum absolute atomic E-state index is 10.0. The first-order chi connectivity index (χ1) is 9.45. The van der Waals surface area contributed by atoms with Crippen LogP contribution in [0.2, 0.25) is 5.28 Å². The Kier molecular flexibility index (Phi) is 2.96. The Hall–Kier alpha value is -1.98. The lowest BCUT2D eigenvalue weighted by molar-refractivity contribution is 0.0738. The van der Waals surface area contributed by atoms with Crippen LogP contribution in [0.4, 0.5) is 0 Å². The van der Waals surface area contributed by atoms with E-state index < -0.39 is 5.60 Å². The summed E-state index contributed by atoms with van der Waals surface area (Å²) in [6.45, 7) is 3.40. The van der Waals surface area contributed by atoms with Crippen LogP contribution in [-0.2, 0) is 5.60 Å². The van der Waals surface area contributed by atoms with Crippen molar-refractivity contribution in [2.45, 2.75) is 19.4 Å². The van der Waals surface area contributed by atoms with Crippen molar-refractivity contribution < 1.29 is 5.11 Å². The second-order valence-corrected chi connectivity index (χ2v) is 5.38. The third kappa shape index (κ3) is 2.26. The molecule has 0 aliphatic carbocycles. The molecule has 6 heteroatoms. The van der Waals surface area contributed by atoms with Gasteiger partial charge in [0.15, 0.2) is 5.65 Å². The quantitative estimate of drug-likeness (QED) is 0.737. The molecule has 0 saturated heterocycles. The molecule has 3 heterocycles. The number of pyridine rings is 1. The Morgan fingerprint density at radius 1 is 1.20 bits per heavy atom. The van der Waals surface area contributed by atoms with Crippen molar-refractivity contribution in [1.29, 1.82) is 0 Å². The highest BCUT2D eigenvalue weighted by Crippen LogP contribution is 2.21. The zero-order valence-electron chi connectivity index (χ0n) is 11.1. The smallest absolute Gasteiger partial charge is 0.224 e. The highest BCUT2D eigenvalue weighted by Gasteiger charge is 2.18. The third-order valence-corrected chi connectivity index (χ3v) is 3.19. The normalized spacial score (nSPS) is 12.0. The van der Waals surface area contributed by atoms with Crippen LogP contribution in [0, 0.1) is 0 Å². The van der Waals surface area contributed by atoms with Gasteiger partial charge in [-0.2, -0.15) is 4.98 Å². The zero-order chi connectivity index (χ0) is 14.3. The van der Waals surface area contributed by atoms with E-state index >= 15 is 0 Å². The Morgan fingerprint density at radius 3 is 2.75 bits per heavy atom. The van der Waals surface area contributed by atoms with E-state index in [0.29, 0.717) is 17.2 Å². The highest BCUT2D eigenvalue weighted by atomic mass is 35.5. The van der Waals surface area contributed by atoms with Crippen LogP contribution >= 0.6 is 11.6 Å². The lowest BCUT2D eigenvalue weighted by Gasteiger charge is -2.17. The fraction of sp³-hybridized carbons (Fsp3) is 0.214. The van der Waals surface area contributed by atoms with Crippen molar-refractivity contribution in [3.05, 3.63) is 47.6 Å². The standard InChI is InChI=1S/C14H13ClN4O/c1-14(2,20)10-4-3-5-11(17-10)19-7-6-9-8-16-13(15)18-12(9)19/h3-8,20H,1-2H3. The van der Waals surface area contributed by atoms with E-state index in [1.165, 1.54) is 0 Å². The molecule has 20 heavy (non-hydrogen) atoms. The maximum Gasteiger partial charge on any atom is 0.224 e. The molecule has 1 N–H and O–H groups in total. The topological polar surface area (TPSA) is 63.8 Å². The molecule has 102 valence electrons. The van der Waals surface area contributed by atoms with Crippen molar-refractivity contribution in [2.24, 2.45) is 0 Å². The molecule has 3 aromatic heterocycles. The Labute approximate surface area is 120 Å². The van der Waals surface area contributed by atoms with Gasteiger partial charge in [-0.05, 0) is 43.6 Å². The first-order valence-electron chi connectivity index (χ1n) is 6.15. The van der Waals surface area contributed by atoms with Gasteiger partial charge in [-0.1, -0.05) is 6.07 Å². The molecular formula is C14H13ClN4O. The van der Waals surface area contributed by atoms with E-state index in [9.17, 15) is 5.11 Å². The number of nitrogens with zero attached hydrogens (tertiary/aromatic N) is 4. The van der Waals surface area contributed by atoms with Gasteiger partial charge in [0.05, 0.1) is 5.69 Å². The van der Waals surface area contributed by atoms with Crippen molar-refractivity contribution >= 4 is 22.6 Å². The molecule has 0 saturated carbocycles. The van der Waals surface area contributed by atoms with E-state index in [-0.39, 0.29) is 5.28 Å². The number of fused-ring (bicyclic) bond motifs is 1. The van der Waals surface area contributed by atoms with Crippen LogP contribution < -0.4 is 0 Å². The van der Waals surface area contributed by atoms with Crippen LogP contribution in [0.1, 0.15) is 19.5 Å². The number of hydrogen-bond donors (Lipinski definition) is 1. The van der Waals surface area contributed by atoms with Gasteiger partial charge in [0.2, 0.25) is 5.28 Å². The van der Waals surface area contributed by atoms with Gasteiger partial charge in [-0.25, -0.2) is 9.97 Å². The molecule has 0 radical (unpaired) electrons. The zero-order valence-corrected chi connectivity index (χ0v) is 11.8. The summed E-state index contributed by atoms with van der Waals surface area (Å²) in [5, 5.41) is 11.1. The largest absolute Gasteiger partial charge is 0.384 e. The molecule has 3 rings (SSSR count). The molecule has 5 nitrogen and oxygen atoms in total. The van der Waals surface area contributed by atoms with Crippen molar-refractivity contribution in [2.75, 3.05) is 0 Å². The monoisotopic (exact) mass is 288 g/mol. The average molecular weight is 289 g/mol. The minimum Gasteiger partial charge on any atom is -0.384 e. The van der Waals surface area contributed by atoms with Crippen molar-refractivity contribution in [3.63, 3.8) is 0 Å². The molecular weight excluding hydrogens is 276 g/mol. The minimum absolute atomic E-state index is 0.191. The van der Waals surface area contributed by atoms with E-state index in [2.05, 4.69) is 15.0 Å². The first kappa shape index (κ1) is 13.0. The molecule has 0 fully saturated rings. The number of hydrogen-bond acceptors (Lipinski definition) is 4. The number of aliphatic hydroxyl groups is 1. The van der Waals surface area contributed by atoms with Gasteiger partial charge in [0.25, 0.3) is 0 Å². The summed E-state index contributed by atoms with van der Waals surface area (Å²) in [6.07, 6.45) is 3.52. The second kappa shape index (κ2) is 4.54. The SMILES string of the molecule is CC(C)(O)c1cccc(-n2ccc3cnc(Cl)nc32)n1. The van der Waals surface area contributed by atoms with Gasteiger partial charge < -0.3 is 5.11 Å². The number of rotatable bonds is 2. The highest BCUT2D eigenvalue weighted by molar-refractivity contribution is 6.28. The Balaban J connectivity index is 2.18. The van der Waals surface area contributed by atoms with Crippen molar-refractivity contribution in [1.82, 2.24) is 19.5 Å². The van der Waals surface area contributed by atoms with Gasteiger partial charge in [0.1, 0.15) is 11.4 Å². The molecule has 3 aromatic rings. The summed E-state index contributed by atoms with van der Waals surface area (Å²) in [6, 6.07) is 7.39. The molecule has 0 unspecified atom stereocenters. The number of aromatic nitrogens is 4. The summed E-state index contributed by atoms with van der Waals surface area (Å²) in [5.41, 5.74) is 0.286. The first-order valence-corrected chi connectivity index (χ1v) is 6.53. The average Bonchev–Trinajstić information content (AvgIpc) is 2.81. The molecule has 0 spiro atoms. The van der Waals surface area contributed by atoms with Crippen LogP contribution in [0.25, 0.3) is 16.9 Å². The summed E-state index contributed by atoms with van der Waals surface area (Å²) >= 11 is 5.84. The molecule has 0 aliphatic heterocycles. The maximum atomic E-state index is 10.0. The van der Waals surface area contributed by atoms with Gasteiger partial charge >= 0.3 is 0 Å². The fourth-order valence-corrected chi connectivity index (χ4v) is 2.11. The predicted octanol–water partition coefficient (Wildman–Crippen LogP) is 2.70. The minimum atomic E-state index is -0.994. The lowest BCUT2D eigenvalue weighted by atomic mass is 10.1. The summed E-state index contributed by atoms with van der Waals surface area (Å²) in [5.74, 6) is 0.675. The van der Waals surface area contributed by atoms with E-state index in [1.54, 1.807) is 26.1 Å². The van der Waals surface area contributed by atoms with E-state index in [4.69, 9.17) is 11.6 Å². The van der Waals surface area contributed by atoms with Crippen molar-refractivity contribution in [3.8, 4) is 5.82 Å². The lowest BCUT2D eigenvalue weighted by Crippen LogP contribution is -2.18. The molecule has 0 atom stereocenters. The van der Waals surface area contributed by atoms with Crippen LogP contribution in [-0.4, -0.2) is 24.6 Å². The molecule has 0 bridgehead atoms. The molecule has 0 aromatic carbocycles. The third-order valence-electron chi connectivity index (χ3n) is 3.01. The number of halogens is 1. The summed E-state index contributed by atoms with van der Waals surface area (Å²) in [4.78, 5) is 12.6. The van der Waals surface area contributed by atoms with E-state index in [0.717, 1.165) is 5.39 Å². The van der Waals surface area contributed by atoms with Crippen LogP contribution in [0.15, 0.2) is 36.7 Å². The van der Waals surface area contributed by atoms with E-state index in [1.807, 2.05) is 29.0 Å². The van der Waals surface area contributed by atoms with Gasteiger partial charge in [-0.15, -0.1) is 0 Å². The second-order valence-electron chi connectivity index (χ2n) is 5.04. The fourth-order valence-electron chi connectivity index (χ4n) is 1.98. The summed E-state index contributed by atoms with van der Waals surface area (Å²) in [7, 11) is 0. The predicted molar refractivity (Wildman–Crippen MR) is 76.9 cm³/mol. The summed E-state index contributed by atoms with van der Waals surface area (Å²) < 4.78 is 1.82. The van der Waals surface area contributed by atoms with Crippen LogP contribution in [0.5, 0.6) is 0 Å².